The van der Waals surface area contributed by atoms with Crippen LogP contribution in [0.5, 0.6) is 5.75 Å². The average molecular weight is 348 g/mol. The molecule has 0 aliphatic heterocycles. The van der Waals surface area contributed by atoms with Crippen LogP contribution in [0.3, 0.4) is 0 Å². The average Bonchev–Trinajstić information content (AvgIpc) is 2.90. The Balaban J connectivity index is 2.56. The summed E-state index contributed by atoms with van der Waals surface area (Å²) in [6.45, 7) is 7.29. The standard InChI is InChI=1S/C18H24N2O5/c1-7-24-16(21)14-12-10-11(23-6)8-9-13(12)19-15(14)20(5)17(22)25-18(2,3)4/h8-10,19H,7H2,1-6H3. The third kappa shape index (κ3) is 4.04. The number of amides is 1. The van der Waals surface area contributed by atoms with Crippen molar-refractivity contribution in [3.8, 4) is 5.75 Å². The lowest BCUT2D eigenvalue weighted by Crippen LogP contribution is -2.35. The number of carbonyl (C=O) groups is 2. The van der Waals surface area contributed by atoms with E-state index in [0.717, 1.165) is 0 Å². The first-order valence-corrected chi connectivity index (χ1v) is 8.01. The molecular weight excluding hydrogens is 324 g/mol. The summed E-state index contributed by atoms with van der Waals surface area (Å²) in [4.78, 5) is 29.2. The SMILES string of the molecule is CCOC(=O)c1c(N(C)C(=O)OC(C)(C)C)[nH]c2ccc(OC)cc12. The fourth-order valence-electron chi connectivity index (χ4n) is 2.37. The molecule has 2 aromatic rings. The molecule has 0 spiro atoms. The Morgan fingerprint density at radius 1 is 1.24 bits per heavy atom. The highest BCUT2D eigenvalue weighted by atomic mass is 16.6. The first-order valence-electron chi connectivity index (χ1n) is 8.01. The minimum atomic E-state index is -0.648. The molecule has 7 heteroatoms. The van der Waals surface area contributed by atoms with Crippen LogP contribution in [0.1, 0.15) is 38.1 Å². The Kier molecular flexibility index (Phi) is 5.25. The molecule has 1 amide bonds. The summed E-state index contributed by atoms with van der Waals surface area (Å²) < 4.78 is 15.8. The molecule has 0 saturated heterocycles. The van der Waals surface area contributed by atoms with Crippen LogP contribution in [0.4, 0.5) is 10.6 Å². The van der Waals surface area contributed by atoms with E-state index in [0.29, 0.717) is 22.5 Å². The maximum absolute atomic E-state index is 12.5. The lowest BCUT2D eigenvalue weighted by Gasteiger charge is -2.24. The van der Waals surface area contributed by atoms with Gasteiger partial charge in [0.15, 0.2) is 0 Å². The number of nitrogens with one attached hydrogen (secondary N) is 1. The molecule has 0 aliphatic carbocycles. The van der Waals surface area contributed by atoms with Crippen LogP contribution in [-0.4, -0.2) is 43.4 Å². The van der Waals surface area contributed by atoms with Crippen molar-refractivity contribution in [1.82, 2.24) is 4.98 Å². The second-order valence-electron chi connectivity index (χ2n) is 6.52. The molecule has 1 aromatic carbocycles. The van der Waals surface area contributed by atoms with Crippen molar-refractivity contribution in [2.24, 2.45) is 0 Å². The quantitative estimate of drug-likeness (QED) is 0.852. The fourth-order valence-corrected chi connectivity index (χ4v) is 2.37. The van der Waals surface area contributed by atoms with Gasteiger partial charge in [0.1, 0.15) is 22.7 Å². The van der Waals surface area contributed by atoms with Gasteiger partial charge in [0, 0.05) is 18.0 Å². The largest absolute Gasteiger partial charge is 0.497 e. The molecule has 1 heterocycles. The molecule has 0 saturated carbocycles. The number of nitrogens with zero attached hydrogens (tertiary/aromatic N) is 1. The molecular formula is C18H24N2O5. The van der Waals surface area contributed by atoms with E-state index in [1.54, 1.807) is 60.1 Å². The van der Waals surface area contributed by atoms with Crippen molar-refractivity contribution in [3.63, 3.8) is 0 Å². The van der Waals surface area contributed by atoms with Crippen molar-refractivity contribution in [2.75, 3.05) is 25.7 Å². The molecule has 1 aromatic heterocycles. The minimum Gasteiger partial charge on any atom is -0.497 e. The zero-order valence-corrected chi connectivity index (χ0v) is 15.4. The molecule has 0 bridgehead atoms. The Morgan fingerprint density at radius 3 is 2.48 bits per heavy atom. The van der Waals surface area contributed by atoms with Gasteiger partial charge in [0.05, 0.1) is 13.7 Å². The first kappa shape index (κ1) is 18.6. The number of anilines is 1. The summed E-state index contributed by atoms with van der Waals surface area (Å²) in [7, 11) is 3.09. The molecule has 0 fully saturated rings. The first-order chi connectivity index (χ1) is 11.7. The van der Waals surface area contributed by atoms with E-state index in [1.165, 1.54) is 4.90 Å². The molecule has 136 valence electrons. The number of carbonyl (C=O) groups excluding carboxylic acids is 2. The van der Waals surface area contributed by atoms with Crippen LogP contribution >= 0.6 is 0 Å². The number of benzene rings is 1. The Labute approximate surface area is 146 Å². The molecule has 7 nitrogen and oxygen atoms in total. The zero-order chi connectivity index (χ0) is 18.8. The molecule has 0 unspecified atom stereocenters. The predicted octanol–water partition coefficient (Wildman–Crippen LogP) is 3.72. The van der Waals surface area contributed by atoms with E-state index in [-0.39, 0.29) is 12.2 Å². The van der Waals surface area contributed by atoms with Gasteiger partial charge >= 0.3 is 12.1 Å². The number of rotatable bonds is 4. The maximum Gasteiger partial charge on any atom is 0.415 e. The second-order valence-corrected chi connectivity index (χ2v) is 6.52. The van der Waals surface area contributed by atoms with Crippen LogP contribution < -0.4 is 9.64 Å². The van der Waals surface area contributed by atoms with Gasteiger partial charge < -0.3 is 19.2 Å². The van der Waals surface area contributed by atoms with E-state index in [2.05, 4.69) is 4.98 Å². The van der Waals surface area contributed by atoms with E-state index < -0.39 is 17.7 Å². The number of aromatic nitrogens is 1. The summed E-state index contributed by atoms with van der Waals surface area (Å²) in [5.41, 5.74) is 0.309. The number of hydrogen-bond acceptors (Lipinski definition) is 5. The highest BCUT2D eigenvalue weighted by Crippen LogP contribution is 2.32. The number of fused-ring (bicyclic) bond motifs is 1. The summed E-state index contributed by atoms with van der Waals surface area (Å²) in [5.74, 6) is 0.395. The molecule has 0 atom stereocenters. The van der Waals surface area contributed by atoms with Crippen LogP contribution in [-0.2, 0) is 9.47 Å². The number of hydrogen-bond donors (Lipinski definition) is 1. The van der Waals surface area contributed by atoms with Gasteiger partial charge in [-0.3, -0.25) is 4.90 Å². The minimum absolute atomic E-state index is 0.227. The maximum atomic E-state index is 12.5. The smallest absolute Gasteiger partial charge is 0.415 e. The van der Waals surface area contributed by atoms with Crippen molar-refractivity contribution < 1.29 is 23.8 Å². The zero-order valence-electron chi connectivity index (χ0n) is 15.4. The summed E-state index contributed by atoms with van der Waals surface area (Å²) in [6.07, 6.45) is -0.573. The molecule has 0 radical (unpaired) electrons. The third-order valence-electron chi connectivity index (χ3n) is 3.47. The van der Waals surface area contributed by atoms with E-state index in [9.17, 15) is 9.59 Å². The van der Waals surface area contributed by atoms with Gasteiger partial charge in [-0.2, -0.15) is 0 Å². The number of ether oxygens (including phenoxy) is 3. The van der Waals surface area contributed by atoms with E-state index in [1.807, 2.05) is 0 Å². The number of aromatic amines is 1. The van der Waals surface area contributed by atoms with Gasteiger partial charge in [-0.05, 0) is 45.9 Å². The Hall–Kier alpha value is -2.70. The van der Waals surface area contributed by atoms with Gasteiger partial charge in [-0.25, -0.2) is 9.59 Å². The second kappa shape index (κ2) is 7.04. The Morgan fingerprint density at radius 2 is 1.92 bits per heavy atom. The molecule has 1 N–H and O–H groups in total. The van der Waals surface area contributed by atoms with Gasteiger partial charge in [0.2, 0.25) is 0 Å². The summed E-state index contributed by atoms with van der Waals surface area (Å²) >= 11 is 0. The van der Waals surface area contributed by atoms with Crippen molar-refractivity contribution >= 4 is 28.8 Å². The van der Waals surface area contributed by atoms with E-state index in [4.69, 9.17) is 14.2 Å². The summed E-state index contributed by atoms with van der Waals surface area (Å²) in [5, 5.41) is 0.614. The van der Waals surface area contributed by atoms with Crippen LogP contribution in [0.2, 0.25) is 0 Å². The Bertz CT molecular complexity index is 789. The third-order valence-corrected chi connectivity index (χ3v) is 3.47. The number of esters is 1. The van der Waals surface area contributed by atoms with E-state index >= 15 is 0 Å². The summed E-state index contributed by atoms with van der Waals surface area (Å²) in [6, 6.07) is 5.28. The molecule has 2 rings (SSSR count). The normalized spacial score (nSPS) is 11.3. The highest BCUT2D eigenvalue weighted by molar-refractivity contribution is 6.11. The van der Waals surface area contributed by atoms with Crippen LogP contribution in [0, 0.1) is 0 Å². The fraction of sp³-hybridized carbons (Fsp3) is 0.444. The van der Waals surface area contributed by atoms with Crippen LogP contribution in [0.25, 0.3) is 10.9 Å². The van der Waals surface area contributed by atoms with Gasteiger partial charge in [-0.15, -0.1) is 0 Å². The molecule has 0 aliphatic rings. The predicted molar refractivity (Wildman–Crippen MR) is 95.4 cm³/mol. The number of methoxy groups -OCH3 is 1. The van der Waals surface area contributed by atoms with Gasteiger partial charge in [-0.1, -0.05) is 0 Å². The van der Waals surface area contributed by atoms with Crippen molar-refractivity contribution in [1.29, 1.82) is 0 Å². The van der Waals surface area contributed by atoms with Crippen molar-refractivity contribution in [2.45, 2.75) is 33.3 Å². The topological polar surface area (TPSA) is 80.9 Å². The highest BCUT2D eigenvalue weighted by Gasteiger charge is 2.28. The molecule has 25 heavy (non-hydrogen) atoms. The number of H-pyrrole nitrogens is 1. The van der Waals surface area contributed by atoms with Crippen LogP contribution in [0.15, 0.2) is 18.2 Å². The van der Waals surface area contributed by atoms with Crippen molar-refractivity contribution in [3.05, 3.63) is 23.8 Å². The lowest BCUT2D eigenvalue weighted by molar-refractivity contribution is 0.0529. The monoisotopic (exact) mass is 348 g/mol. The van der Waals surface area contributed by atoms with Gasteiger partial charge in [0.25, 0.3) is 0 Å². The lowest BCUT2D eigenvalue weighted by atomic mass is 10.1.